The lowest BCUT2D eigenvalue weighted by atomic mass is 10.3. The third kappa shape index (κ3) is 2.08. The monoisotopic (exact) mass is 246 g/mol. The Balaban J connectivity index is 2.22. The first-order valence-electron chi connectivity index (χ1n) is 4.84. The molecule has 1 N–H and O–H groups in total. The molecule has 1 saturated heterocycles. The van der Waals surface area contributed by atoms with Crippen molar-refractivity contribution in [1.82, 2.24) is 9.62 Å². The van der Waals surface area contributed by atoms with Crippen LogP contribution in [0, 0.1) is 0 Å². The van der Waals surface area contributed by atoms with Crippen molar-refractivity contribution in [3.63, 3.8) is 0 Å². The van der Waals surface area contributed by atoms with Crippen molar-refractivity contribution >= 4 is 21.4 Å². The van der Waals surface area contributed by atoms with Gasteiger partial charge in [-0.1, -0.05) is 6.07 Å². The molecule has 2 heterocycles. The van der Waals surface area contributed by atoms with E-state index in [1.165, 1.54) is 15.6 Å². The minimum Gasteiger partial charge on any atom is -0.315 e. The Labute approximate surface area is 94.0 Å². The molecule has 1 aromatic heterocycles. The van der Waals surface area contributed by atoms with E-state index in [9.17, 15) is 8.42 Å². The van der Waals surface area contributed by atoms with Gasteiger partial charge in [-0.05, 0) is 24.4 Å². The molecule has 0 aliphatic carbocycles. The Bertz CT molecular complexity index is 407. The van der Waals surface area contributed by atoms with Gasteiger partial charge >= 0.3 is 0 Å². The largest absolute Gasteiger partial charge is 0.315 e. The predicted octanol–water partition coefficient (Wildman–Crippen LogP) is 0.730. The highest BCUT2D eigenvalue weighted by molar-refractivity contribution is 7.91. The average Bonchev–Trinajstić information content (AvgIpc) is 2.89. The number of rotatable bonds is 3. The van der Waals surface area contributed by atoms with Crippen LogP contribution >= 0.6 is 11.3 Å². The van der Waals surface area contributed by atoms with Crippen molar-refractivity contribution in [2.75, 3.05) is 20.1 Å². The van der Waals surface area contributed by atoms with Crippen LogP contribution < -0.4 is 5.32 Å². The lowest BCUT2D eigenvalue weighted by Crippen LogP contribution is -2.37. The summed E-state index contributed by atoms with van der Waals surface area (Å²) in [5, 5.41) is 4.95. The SMILES string of the molecule is CN([C@H]1CCNC1)S(=O)(=O)c1cccs1. The summed E-state index contributed by atoms with van der Waals surface area (Å²) < 4.78 is 26.1. The van der Waals surface area contributed by atoms with Crippen molar-refractivity contribution in [3.05, 3.63) is 17.5 Å². The Morgan fingerprint density at radius 1 is 1.60 bits per heavy atom. The molecule has 0 spiro atoms. The normalized spacial score (nSPS) is 22.4. The van der Waals surface area contributed by atoms with Crippen LogP contribution in [0.3, 0.4) is 0 Å². The van der Waals surface area contributed by atoms with Gasteiger partial charge in [0, 0.05) is 19.6 Å². The quantitative estimate of drug-likeness (QED) is 0.855. The van der Waals surface area contributed by atoms with Crippen LogP contribution in [0.1, 0.15) is 6.42 Å². The van der Waals surface area contributed by atoms with E-state index in [0.29, 0.717) is 4.21 Å². The second kappa shape index (κ2) is 4.21. The van der Waals surface area contributed by atoms with Gasteiger partial charge in [-0.2, -0.15) is 4.31 Å². The molecule has 1 aliphatic heterocycles. The summed E-state index contributed by atoms with van der Waals surface area (Å²) in [5.41, 5.74) is 0. The minimum absolute atomic E-state index is 0.0945. The Kier molecular flexibility index (Phi) is 3.11. The maximum Gasteiger partial charge on any atom is 0.252 e. The van der Waals surface area contributed by atoms with E-state index >= 15 is 0 Å². The number of nitrogens with one attached hydrogen (secondary N) is 1. The summed E-state index contributed by atoms with van der Waals surface area (Å²) in [6.07, 6.45) is 0.890. The molecular formula is C9H14N2O2S2. The van der Waals surface area contributed by atoms with Gasteiger partial charge in [-0.25, -0.2) is 8.42 Å². The number of hydrogen-bond donors (Lipinski definition) is 1. The summed E-state index contributed by atoms with van der Waals surface area (Å²) in [4.78, 5) is 0. The molecule has 4 nitrogen and oxygen atoms in total. The summed E-state index contributed by atoms with van der Waals surface area (Å²) in [7, 11) is -1.61. The van der Waals surface area contributed by atoms with E-state index in [1.54, 1.807) is 24.6 Å². The first-order chi connectivity index (χ1) is 7.12. The highest BCUT2D eigenvalue weighted by atomic mass is 32.2. The van der Waals surface area contributed by atoms with Crippen molar-refractivity contribution in [2.24, 2.45) is 0 Å². The smallest absolute Gasteiger partial charge is 0.252 e. The molecule has 1 fully saturated rings. The molecule has 6 heteroatoms. The standard InChI is InChI=1S/C9H14N2O2S2/c1-11(8-4-5-10-7-8)15(12,13)9-3-2-6-14-9/h2-3,6,8,10H,4-5,7H2,1H3/t8-/m0/s1. The zero-order valence-corrected chi connectivity index (χ0v) is 10.1. The zero-order valence-electron chi connectivity index (χ0n) is 8.51. The van der Waals surface area contributed by atoms with Crippen LogP contribution in [0.5, 0.6) is 0 Å². The van der Waals surface area contributed by atoms with Gasteiger partial charge in [-0.3, -0.25) is 0 Å². The maximum atomic E-state index is 12.1. The number of hydrogen-bond acceptors (Lipinski definition) is 4. The second-order valence-electron chi connectivity index (χ2n) is 3.60. The van der Waals surface area contributed by atoms with Crippen molar-refractivity contribution in [1.29, 1.82) is 0 Å². The highest BCUT2D eigenvalue weighted by Crippen LogP contribution is 2.22. The predicted molar refractivity (Wildman–Crippen MR) is 60.5 cm³/mol. The van der Waals surface area contributed by atoms with Crippen LogP contribution in [0.2, 0.25) is 0 Å². The lowest BCUT2D eigenvalue weighted by molar-refractivity contribution is 0.389. The van der Waals surface area contributed by atoms with E-state index in [-0.39, 0.29) is 6.04 Å². The molecule has 0 bridgehead atoms. The van der Waals surface area contributed by atoms with Gasteiger partial charge in [-0.15, -0.1) is 11.3 Å². The number of sulfonamides is 1. The van der Waals surface area contributed by atoms with E-state index in [1.807, 2.05) is 0 Å². The van der Waals surface area contributed by atoms with Gasteiger partial charge < -0.3 is 5.32 Å². The number of nitrogens with zero attached hydrogens (tertiary/aromatic N) is 1. The second-order valence-corrected chi connectivity index (χ2v) is 6.77. The van der Waals surface area contributed by atoms with E-state index in [4.69, 9.17) is 0 Å². The molecule has 1 atom stereocenters. The van der Waals surface area contributed by atoms with E-state index < -0.39 is 10.0 Å². The number of likely N-dealkylation sites (N-methyl/N-ethyl adjacent to an activating group) is 1. The van der Waals surface area contributed by atoms with E-state index in [2.05, 4.69) is 5.32 Å². The lowest BCUT2D eigenvalue weighted by Gasteiger charge is -2.22. The third-order valence-corrected chi connectivity index (χ3v) is 5.96. The van der Waals surface area contributed by atoms with Crippen molar-refractivity contribution in [2.45, 2.75) is 16.7 Å². The maximum absolute atomic E-state index is 12.1. The molecule has 0 unspecified atom stereocenters. The summed E-state index contributed by atoms with van der Waals surface area (Å²) in [6.45, 7) is 1.65. The Morgan fingerprint density at radius 3 is 2.93 bits per heavy atom. The van der Waals surface area contributed by atoms with Crippen LogP contribution in [-0.4, -0.2) is 38.9 Å². The zero-order chi connectivity index (χ0) is 10.9. The topological polar surface area (TPSA) is 49.4 Å². The summed E-state index contributed by atoms with van der Waals surface area (Å²) in [6, 6.07) is 3.51. The Morgan fingerprint density at radius 2 is 2.40 bits per heavy atom. The van der Waals surface area contributed by atoms with Crippen LogP contribution in [0.15, 0.2) is 21.7 Å². The summed E-state index contributed by atoms with van der Waals surface area (Å²) >= 11 is 1.27. The van der Waals surface area contributed by atoms with Crippen LogP contribution in [0.25, 0.3) is 0 Å². The van der Waals surface area contributed by atoms with Crippen molar-refractivity contribution < 1.29 is 8.42 Å². The molecule has 15 heavy (non-hydrogen) atoms. The van der Waals surface area contributed by atoms with Gasteiger partial charge in [0.2, 0.25) is 0 Å². The number of thiophene rings is 1. The highest BCUT2D eigenvalue weighted by Gasteiger charge is 2.30. The first kappa shape index (κ1) is 11.1. The van der Waals surface area contributed by atoms with Crippen LogP contribution in [-0.2, 0) is 10.0 Å². The minimum atomic E-state index is -3.27. The fourth-order valence-corrected chi connectivity index (χ4v) is 4.26. The molecule has 0 radical (unpaired) electrons. The molecular weight excluding hydrogens is 232 g/mol. The average molecular weight is 246 g/mol. The van der Waals surface area contributed by atoms with Gasteiger partial charge in [0.25, 0.3) is 10.0 Å². The first-order valence-corrected chi connectivity index (χ1v) is 7.16. The van der Waals surface area contributed by atoms with E-state index in [0.717, 1.165) is 19.5 Å². The molecule has 0 aromatic carbocycles. The van der Waals surface area contributed by atoms with Gasteiger partial charge in [0.1, 0.15) is 4.21 Å². The molecule has 1 aromatic rings. The fraction of sp³-hybridized carbons (Fsp3) is 0.556. The summed E-state index contributed by atoms with van der Waals surface area (Å²) in [5.74, 6) is 0. The van der Waals surface area contributed by atoms with Gasteiger partial charge in [0.05, 0.1) is 0 Å². The molecule has 1 aliphatic rings. The third-order valence-electron chi connectivity index (χ3n) is 2.68. The molecule has 2 rings (SSSR count). The van der Waals surface area contributed by atoms with Crippen LogP contribution in [0.4, 0.5) is 0 Å². The molecule has 84 valence electrons. The van der Waals surface area contributed by atoms with Gasteiger partial charge in [0.15, 0.2) is 0 Å². The molecule has 0 amide bonds. The Hall–Kier alpha value is -0.430. The molecule has 0 saturated carbocycles. The van der Waals surface area contributed by atoms with Crippen molar-refractivity contribution in [3.8, 4) is 0 Å². The fourth-order valence-electron chi connectivity index (χ4n) is 1.70.